The van der Waals surface area contributed by atoms with E-state index in [-0.39, 0.29) is 5.75 Å². The van der Waals surface area contributed by atoms with Crippen molar-refractivity contribution in [2.45, 2.75) is 0 Å². The SMILES string of the molecule is COc1ccc(N=Cc2ccc(OC)c(O)c2)cc1. The predicted molar refractivity (Wildman–Crippen MR) is 74.9 cm³/mol. The number of nitrogens with zero attached hydrogens (tertiary/aromatic N) is 1. The summed E-state index contributed by atoms with van der Waals surface area (Å²) in [6.07, 6.45) is 1.68. The van der Waals surface area contributed by atoms with Crippen molar-refractivity contribution >= 4 is 11.9 Å². The number of aliphatic imine (C=N–C) groups is 1. The van der Waals surface area contributed by atoms with Crippen molar-refractivity contribution in [1.82, 2.24) is 0 Å². The quantitative estimate of drug-likeness (QED) is 0.856. The van der Waals surface area contributed by atoms with Gasteiger partial charge in [0, 0.05) is 6.21 Å². The summed E-state index contributed by atoms with van der Waals surface area (Å²) < 4.78 is 10.1. The van der Waals surface area contributed by atoms with Crippen molar-refractivity contribution in [2.24, 2.45) is 4.99 Å². The van der Waals surface area contributed by atoms with Gasteiger partial charge in [0.2, 0.25) is 0 Å². The lowest BCUT2D eigenvalue weighted by Gasteiger charge is -2.03. The highest BCUT2D eigenvalue weighted by Gasteiger charge is 2.00. The largest absolute Gasteiger partial charge is 0.504 e. The zero-order chi connectivity index (χ0) is 13.7. The van der Waals surface area contributed by atoms with Gasteiger partial charge < -0.3 is 14.6 Å². The smallest absolute Gasteiger partial charge is 0.160 e. The minimum atomic E-state index is 0.0983. The Morgan fingerprint density at radius 2 is 1.74 bits per heavy atom. The fourth-order valence-electron chi connectivity index (χ4n) is 1.60. The zero-order valence-electron chi connectivity index (χ0n) is 10.8. The van der Waals surface area contributed by atoms with Gasteiger partial charge in [-0.1, -0.05) is 0 Å². The first-order valence-corrected chi connectivity index (χ1v) is 5.78. The van der Waals surface area contributed by atoms with E-state index in [9.17, 15) is 5.11 Å². The van der Waals surface area contributed by atoms with Gasteiger partial charge in [-0.3, -0.25) is 4.99 Å². The van der Waals surface area contributed by atoms with Gasteiger partial charge >= 0.3 is 0 Å². The van der Waals surface area contributed by atoms with Crippen molar-refractivity contribution in [3.8, 4) is 17.2 Å². The highest BCUT2D eigenvalue weighted by Crippen LogP contribution is 2.26. The maximum atomic E-state index is 9.65. The molecule has 0 aliphatic carbocycles. The van der Waals surface area contributed by atoms with E-state index in [0.717, 1.165) is 17.0 Å². The molecular weight excluding hydrogens is 242 g/mol. The fraction of sp³-hybridized carbons (Fsp3) is 0.133. The van der Waals surface area contributed by atoms with Crippen LogP contribution in [0.25, 0.3) is 0 Å². The molecule has 0 fully saturated rings. The van der Waals surface area contributed by atoms with Crippen molar-refractivity contribution in [3.05, 3.63) is 48.0 Å². The molecule has 0 saturated heterocycles. The summed E-state index contributed by atoms with van der Waals surface area (Å²) in [5, 5.41) is 9.65. The van der Waals surface area contributed by atoms with Crippen LogP contribution in [0, 0.1) is 0 Å². The van der Waals surface area contributed by atoms with Gasteiger partial charge in [0.15, 0.2) is 11.5 Å². The summed E-state index contributed by atoms with van der Waals surface area (Å²) >= 11 is 0. The molecule has 0 spiro atoms. The first-order chi connectivity index (χ1) is 9.22. The number of methoxy groups -OCH3 is 2. The van der Waals surface area contributed by atoms with Gasteiger partial charge in [-0.2, -0.15) is 0 Å². The number of rotatable bonds is 4. The van der Waals surface area contributed by atoms with E-state index in [1.165, 1.54) is 7.11 Å². The van der Waals surface area contributed by atoms with Gasteiger partial charge in [0.25, 0.3) is 0 Å². The molecule has 2 aromatic carbocycles. The lowest BCUT2D eigenvalue weighted by molar-refractivity contribution is 0.373. The molecule has 0 radical (unpaired) electrons. The number of benzene rings is 2. The molecular formula is C15H15NO3. The van der Waals surface area contributed by atoms with Crippen LogP contribution in [0.15, 0.2) is 47.5 Å². The van der Waals surface area contributed by atoms with Crippen LogP contribution in [0.4, 0.5) is 5.69 Å². The van der Waals surface area contributed by atoms with Crippen molar-refractivity contribution in [3.63, 3.8) is 0 Å². The van der Waals surface area contributed by atoms with Crippen LogP contribution in [-0.2, 0) is 0 Å². The third kappa shape index (κ3) is 3.25. The average molecular weight is 257 g/mol. The van der Waals surface area contributed by atoms with Crippen LogP contribution in [0.1, 0.15) is 5.56 Å². The van der Waals surface area contributed by atoms with Gasteiger partial charge in [-0.15, -0.1) is 0 Å². The summed E-state index contributed by atoms with van der Waals surface area (Å²) in [5.41, 5.74) is 1.62. The molecule has 19 heavy (non-hydrogen) atoms. The molecule has 1 N–H and O–H groups in total. The summed E-state index contributed by atoms with van der Waals surface area (Å²) in [4.78, 5) is 4.32. The minimum absolute atomic E-state index is 0.0983. The molecule has 0 aromatic heterocycles. The Bertz CT molecular complexity index is 576. The predicted octanol–water partition coefficient (Wildman–Crippen LogP) is 3.16. The minimum Gasteiger partial charge on any atom is -0.504 e. The number of hydrogen-bond donors (Lipinski definition) is 1. The van der Waals surface area contributed by atoms with Crippen LogP contribution < -0.4 is 9.47 Å². The third-order valence-corrected chi connectivity index (χ3v) is 2.64. The van der Waals surface area contributed by atoms with Crippen LogP contribution >= 0.6 is 0 Å². The Labute approximate surface area is 111 Å². The Kier molecular flexibility index (Phi) is 4.03. The highest BCUT2D eigenvalue weighted by atomic mass is 16.5. The first-order valence-electron chi connectivity index (χ1n) is 5.78. The van der Waals surface area contributed by atoms with Crippen LogP contribution in [-0.4, -0.2) is 25.5 Å². The molecule has 4 nitrogen and oxygen atoms in total. The third-order valence-electron chi connectivity index (χ3n) is 2.64. The second-order valence-corrected chi connectivity index (χ2v) is 3.89. The maximum Gasteiger partial charge on any atom is 0.160 e. The monoisotopic (exact) mass is 257 g/mol. The van der Waals surface area contributed by atoms with E-state index in [2.05, 4.69) is 4.99 Å². The maximum absolute atomic E-state index is 9.65. The molecule has 0 atom stereocenters. The van der Waals surface area contributed by atoms with Crippen molar-refractivity contribution < 1.29 is 14.6 Å². The average Bonchev–Trinajstić information content (AvgIpc) is 2.46. The second kappa shape index (κ2) is 5.91. The standard InChI is InChI=1S/C15H15NO3/c1-18-13-6-4-12(5-7-13)16-10-11-3-8-15(19-2)14(17)9-11/h3-10,17H,1-2H3. The Hall–Kier alpha value is -2.49. The molecule has 0 aliphatic rings. The van der Waals surface area contributed by atoms with Gasteiger partial charge in [-0.05, 0) is 48.0 Å². The zero-order valence-corrected chi connectivity index (χ0v) is 10.8. The molecule has 98 valence electrons. The summed E-state index contributed by atoms with van der Waals surface area (Å²) in [6.45, 7) is 0. The molecule has 0 saturated carbocycles. The van der Waals surface area contributed by atoms with E-state index in [1.807, 2.05) is 30.3 Å². The van der Waals surface area contributed by atoms with E-state index in [1.54, 1.807) is 25.5 Å². The van der Waals surface area contributed by atoms with Gasteiger partial charge in [0.1, 0.15) is 5.75 Å². The molecule has 0 amide bonds. The molecule has 2 aromatic rings. The van der Waals surface area contributed by atoms with Gasteiger partial charge in [-0.25, -0.2) is 0 Å². The highest BCUT2D eigenvalue weighted by molar-refractivity contribution is 5.83. The molecule has 0 aliphatic heterocycles. The lowest BCUT2D eigenvalue weighted by atomic mass is 10.2. The molecule has 0 bridgehead atoms. The van der Waals surface area contributed by atoms with Crippen LogP contribution in [0.3, 0.4) is 0 Å². The number of phenols is 1. The van der Waals surface area contributed by atoms with E-state index >= 15 is 0 Å². The molecule has 0 heterocycles. The van der Waals surface area contributed by atoms with E-state index < -0.39 is 0 Å². The normalized spacial score (nSPS) is 10.6. The first kappa shape index (κ1) is 13.0. The van der Waals surface area contributed by atoms with Crippen molar-refractivity contribution in [2.75, 3.05) is 14.2 Å². The van der Waals surface area contributed by atoms with E-state index in [0.29, 0.717) is 5.75 Å². The molecule has 0 unspecified atom stereocenters. The number of hydrogen-bond acceptors (Lipinski definition) is 4. The lowest BCUT2D eigenvalue weighted by Crippen LogP contribution is -1.86. The molecule has 4 heteroatoms. The Morgan fingerprint density at radius 3 is 2.32 bits per heavy atom. The second-order valence-electron chi connectivity index (χ2n) is 3.89. The van der Waals surface area contributed by atoms with E-state index in [4.69, 9.17) is 9.47 Å². The Morgan fingerprint density at radius 1 is 1.00 bits per heavy atom. The Balaban J connectivity index is 2.15. The topological polar surface area (TPSA) is 51.0 Å². The van der Waals surface area contributed by atoms with Crippen molar-refractivity contribution in [1.29, 1.82) is 0 Å². The number of aromatic hydroxyl groups is 1. The summed E-state index contributed by atoms with van der Waals surface area (Å²) in [6, 6.07) is 12.5. The van der Waals surface area contributed by atoms with Crippen LogP contribution in [0.5, 0.6) is 17.2 Å². The number of phenolic OH excluding ortho intramolecular Hbond substituents is 1. The number of ether oxygens (including phenoxy) is 2. The van der Waals surface area contributed by atoms with Gasteiger partial charge in [0.05, 0.1) is 19.9 Å². The van der Waals surface area contributed by atoms with Crippen LogP contribution in [0.2, 0.25) is 0 Å². The fourth-order valence-corrected chi connectivity index (χ4v) is 1.60. The summed E-state index contributed by atoms with van der Waals surface area (Å²) in [5.74, 6) is 1.34. The summed E-state index contributed by atoms with van der Waals surface area (Å²) in [7, 11) is 3.14. The molecule has 2 rings (SSSR count).